The molecule has 1 aromatic rings. The molecule has 2 rings (SSSR count). The van der Waals surface area contributed by atoms with Crippen molar-refractivity contribution < 1.29 is 14.3 Å². The summed E-state index contributed by atoms with van der Waals surface area (Å²) in [6.45, 7) is 1.84. The predicted molar refractivity (Wildman–Crippen MR) is 82.9 cm³/mol. The molecule has 21 heavy (non-hydrogen) atoms. The second kappa shape index (κ2) is 7.21. The van der Waals surface area contributed by atoms with Gasteiger partial charge in [-0.15, -0.1) is 0 Å². The number of esters is 1. The first-order chi connectivity index (χ1) is 10.1. The van der Waals surface area contributed by atoms with E-state index in [9.17, 15) is 9.59 Å². The summed E-state index contributed by atoms with van der Waals surface area (Å²) in [5.74, 6) is 0.156. The SMILES string of the molecule is COC(=O)C(C)c1ccc(/C=C/CC2CCCC2=O)cc1. The quantitative estimate of drug-likeness (QED) is 0.774. The van der Waals surface area contributed by atoms with Crippen molar-refractivity contribution in [3.05, 3.63) is 41.5 Å². The Hall–Kier alpha value is -1.90. The Kier molecular flexibility index (Phi) is 5.32. The largest absolute Gasteiger partial charge is 0.469 e. The van der Waals surface area contributed by atoms with E-state index >= 15 is 0 Å². The summed E-state index contributed by atoms with van der Waals surface area (Å²) in [4.78, 5) is 23.0. The summed E-state index contributed by atoms with van der Waals surface area (Å²) in [6.07, 6.45) is 7.76. The lowest BCUT2D eigenvalue weighted by molar-refractivity contribution is -0.142. The number of carbonyl (C=O) groups is 2. The minimum absolute atomic E-state index is 0.222. The summed E-state index contributed by atoms with van der Waals surface area (Å²) in [7, 11) is 1.40. The Morgan fingerprint density at radius 3 is 2.67 bits per heavy atom. The Morgan fingerprint density at radius 1 is 1.38 bits per heavy atom. The standard InChI is InChI=1S/C18H22O3/c1-13(18(20)21-2)15-11-9-14(10-12-15)5-3-6-16-7-4-8-17(16)19/h3,5,9-13,16H,4,6-8H2,1-2H3/b5-3+. The Labute approximate surface area is 126 Å². The molecule has 1 aliphatic carbocycles. The normalized spacial score (nSPS) is 19.9. The van der Waals surface area contributed by atoms with Gasteiger partial charge in [0.2, 0.25) is 0 Å². The fourth-order valence-corrected chi connectivity index (χ4v) is 2.71. The first kappa shape index (κ1) is 15.5. The van der Waals surface area contributed by atoms with Gasteiger partial charge < -0.3 is 4.74 Å². The smallest absolute Gasteiger partial charge is 0.312 e. The number of rotatable bonds is 5. The third-order valence-electron chi connectivity index (χ3n) is 4.15. The number of ketones is 1. The number of allylic oxidation sites excluding steroid dienone is 1. The molecule has 1 aromatic carbocycles. The fourth-order valence-electron chi connectivity index (χ4n) is 2.71. The second-order valence-electron chi connectivity index (χ2n) is 5.61. The van der Waals surface area contributed by atoms with E-state index in [-0.39, 0.29) is 17.8 Å². The summed E-state index contributed by atoms with van der Waals surface area (Å²) in [6, 6.07) is 7.87. The van der Waals surface area contributed by atoms with Crippen molar-refractivity contribution in [3.63, 3.8) is 0 Å². The topological polar surface area (TPSA) is 43.4 Å². The molecule has 112 valence electrons. The lowest BCUT2D eigenvalue weighted by atomic mass is 9.99. The lowest BCUT2D eigenvalue weighted by Crippen LogP contribution is -2.10. The van der Waals surface area contributed by atoms with Crippen molar-refractivity contribution in [1.82, 2.24) is 0 Å². The van der Waals surface area contributed by atoms with Crippen LogP contribution in [0, 0.1) is 5.92 Å². The van der Waals surface area contributed by atoms with Crippen LogP contribution in [0.15, 0.2) is 30.3 Å². The van der Waals surface area contributed by atoms with Gasteiger partial charge in [0.05, 0.1) is 13.0 Å². The van der Waals surface area contributed by atoms with Gasteiger partial charge in [0.15, 0.2) is 0 Å². The molecule has 0 radical (unpaired) electrons. The molecule has 0 saturated heterocycles. The molecule has 0 aliphatic heterocycles. The average Bonchev–Trinajstić information content (AvgIpc) is 2.92. The molecule has 2 atom stereocenters. The molecule has 0 N–H and O–H groups in total. The lowest BCUT2D eigenvalue weighted by Gasteiger charge is -2.09. The van der Waals surface area contributed by atoms with E-state index in [4.69, 9.17) is 4.74 Å². The van der Waals surface area contributed by atoms with Crippen LogP contribution in [-0.2, 0) is 14.3 Å². The summed E-state index contributed by atoms with van der Waals surface area (Å²) < 4.78 is 4.74. The number of Topliss-reactive ketones (excluding diaryl/α,β-unsaturated/α-hetero) is 1. The maximum Gasteiger partial charge on any atom is 0.312 e. The molecule has 1 aliphatic rings. The van der Waals surface area contributed by atoms with Crippen molar-refractivity contribution in [3.8, 4) is 0 Å². The van der Waals surface area contributed by atoms with Gasteiger partial charge in [-0.2, -0.15) is 0 Å². The first-order valence-corrected chi connectivity index (χ1v) is 7.49. The van der Waals surface area contributed by atoms with E-state index in [2.05, 4.69) is 6.08 Å². The number of hydrogen-bond acceptors (Lipinski definition) is 3. The molecule has 3 nitrogen and oxygen atoms in total. The van der Waals surface area contributed by atoms with Gasteiger partial charge in [0.1, 0.15) is 5.78 Å². The summed E-state index contributed by atoms with van der Waals surface area (Å²) >= 11 is 0. The van der Waals surface area contributed by atoms with E-state index in [0.29, 0.717) is 5.78 Å². The van der Waals surface area contributed by atoms with E-state index in [1.807, 2.05) is 37.3 Å². The molecule has 0 spiro atoms. The van der Waals surface area contributed by atoms with Gasteiger partial charge in [-0.3, -0.25) is 9.59 Å². The van der Waals surface area contributed by atoms with Crippen molar-refractivity contribution in [1.29, 1.82) is 0 Å². The van der Waals surface area contributed by atoms with E-state index in [1.54, 1.807) is 0 Å². The van der Waals surface area contributed by atoms with Gasteiger partial charge in [0, 0.05) is 12.3 Å². The molecule has 0 bridgehead atoms. The van der Waals surface area contributed by atoms with Gasteiger partial charge in [-0.1, -0.05) is 36.4 Å². The summed E-state index contributed by atoms with van der Waals surface area (Å²) in [5.41, 5.74) is 2.03. The van der Waals surface area contributed by atoms with Crippen LogP contribution in [-0.4, -0.2) is 18.9 Å². The monoisotopic (exact) mass is 286 g/mol. The highest BCUT2D eigenvalue weighted by Gasteiger charge is 2.22. The van der Waals surface area contributed by atoms with Crippen molar-refractivity contribution >= 4 is 17.8 Å². The number of methoxy groups -OCH3 is 1. The maximum absolute atomic E-state index is 11.6. The predicted octanol–water partition coefficient (Wildman–Crippen LogP) is 3.74. The number of benzene rings is 1. The molecular formula is C18H22O3. The Balaban J connectivity index is 1.93. The Morgan fingerprint density at radius 2 is 2.10 bits per heavy atom. The van der Waals surface area contributed by atoms with Crippen molar-refractivity contribution in [2.24, 2.45) is 5.92 Å². The Bertz CT molecular complexity index is 528. The zero-order valence-corrected chi connectivity index (χ0v) is 12.7. The van der Waals surface area contributed by atoms with Crippen LogP contribution >= 0.6 is 0 Å². The van der Waals surface area contributed by atoms with Crippen LogP contribution in [0.3, 0.4) is 0 Å². The molecule has 0 heterocycles. The third-order valence-corrected chi connectivity index (χ3v) is 4.15. The van der Waals surface area contributed by atoms with Crippen LogP contribution in [0.5, 0.6) is 0 Å². The zero-order chi connectivity index (χ0) is 15.2. The molecule has 1 saturated carbocycles. The minimum Gasteiger partial charge on any atom is -0.469 e. The van der Waals surface area contributed by atoms with E-state index in [0.717, 1.165) is 36.8 Å². The molecule has 0 aromatic heterocycles. The average molecular weight is 286 g/mol. The van der Waals surface area contributed by atoms with E-state index < -0.39 is 0 Å². The van der Waals surface area contributed by atoms with Gasteiger partial charge in [-0.25, -0.2) is 0 Å². The highest BCUT2D eigenvalue weighted by Crippen LogP contribution is 2.25. The van der Waals surface area contributed by atoms with Crippen LogP contribution in [0.1, 0.15) is 49.7 Å². The zero-order valence-electron chi connectivity index (χ0n) is 12.7. The molecule has 0 amide bonds. The highest BCUT2D eigenvalue weighted by molar-refractivity contribution is 5.83. The van der Waals surface area contributed by atoms with Gasteiger partial charge >= 0.3 is 5.97 Å². The molecule has 2 unspecified atom stereocenters. The van der Waals surface area contributed by atoms with Crippen LogP contribution < -0.4 is 0 Å². The van der Waals surface area contributed by atoms with E-state index in [1.165, 1.54) is 7.11 Å². The number of ether oxygens (including phenoxy) is 1. The first-order valence-electron chi connectivity index (χ1n) is 7.49. The minimum atomic E-state index is -0.246. The van der Waals surface area contributed by atoms with Gasteiger partial charge in [-0.05, 0) is 37.3 Å². The van der Waals surface area contributed by atoms with Gasteiger partial charge in [0.25, 0.3) is 0 Å². The van der Waals surface area contributed by atoms with Crippen LogP contribution in [0.2, 0.25) is 0 Å². The van der Waals surface area contributed by atoms with Crippen molar-refractivity contribution in [2.45, 2.75) is 38.5 Å². The fraction of sp³-hybridized carbons (Fsp3) is 0.444. The molecular weight excluding hydrogens is 264 g/mol. The van der Waals surface area contributed by atoms with Crippen LogP contribution in [0.25, 0.3) is 6.08 Å². The third kappa shape index (κ3) is 4.03. The number of hydrogen-bond donors (Lipinski definition) is 0. The van der Waals surface area contributed by atoms with Crippen molar-refractivity contribution in [2.75, 3.05) is 7.11 Å². The van der Waals surface area contributed by atoms with Crippen LogP contribution in [0.4, 0.5) is 0 Å². The second-order valence-corrected chi connectivity index (χ2v) is 5.61. The molecule has 1 fully saturated rings. The highest BCUT2D eigenvalue weighted by atomic mass is 16.5. The molecule has 3 heteroatoms. The number of carbonyl (C=O) groups excluding carboxylic acids is 2. The summed E-state index contributed by atoms with van der Waals surface area (Å²) in [5, 5.41) is 0. The maximum atomic E-state index is 11.6.